The number of carbonyl (C=O) groups is 1. The van der Waals surface area contributed by atoms with E-state index in [1.54, 1.807) is 20.2 Å². The fourth-order valence-corrected chi connectivity index (χ4v) is 2.34. The van der Waals surface area contributed by atoms with E-state index in [9.17, 15) is 9.59 Å². The first-order valence-electron chi connectivity index (χ1n) is 5.59. The van der Waals surface area contributed by atoms with Crippen molar-refractivity contribution in [1.82, 2.24) is 14.5 Å². The van der Waals surface area contributed by atoms with Crippen molar-refractivity contribution in [3.05, 3.63) is 50.1 Å². The van der Waals surface area contributed by atoms with Crippen molar-refractivity contribution >= 4 is 21.8 Å². The highest BCUT2D eigenvalue weighted by molar-refractivity contribution is 9.10. The predicted molar refractivity (Wildman–Crippen MR) is 74.8 cm³/mol. The summed E-state index contributed by atoms with van der Waals surface area (Å²) in [4.78, 5) is 23.9. The SMILES string of the molecule is Cc1cc(C)n(NC(=O)c2nn(C)cc2Br)c(=O)c1. The Kier molecular flexibility index (Phi) is 3.57. The van der Waals surface area contributed by atoms with E-state index in [2.05, 4.69) is 26.5 Å². The van der Waals surface area contributed by atoms with Crippen LogP contribution in [0.3, 0.4) is 0 Å². The number of aryl methyl sites for hydroxylation is 3. The minimum Gasteiger partial charge on any atom is -0.274 e. The molecule has 0 saturated carbocycles. The van der Waals surface area contributed by atoms with Crippen molar-refractivity contribution in [1.29, 1.82) is 0 Å². The third-order valence-electron chi connectivity index (χ3n) is 2.57. The van der Waals surface area contributed by atoms with Gasteiger partial charge in [-0.15, -0.1) is 0 Å². The molecule has 2 heterocycles. The summed E-state index contributed by atoms with van der Waals surface area (Å²) in [6.45, 7) is 3.58. The highest BCUT2D eigenvalue weighted by Crippen LogP contribution is 2.14. The Hall–Kier alpha value is -1.89. The second kappa shape index (κ2) is 5.00. The molecule has 0 saturated heterocycles. The van der Waals surface area contributed by atoms with E-state index in [1.165, 1.54) is 15.4 Å². The van der Waals surface area contributed by atoms with E-state index in [0.717, 1.165) is 5.56 Å². The van der Waals surface area contributed by atoms with Crippen LogP contribution in [0.2, 0.25) is 0 Å². The summed E-state index contributed by atoms with van der Waals surface area (Å²) in [6, 6.07) is 3.27. The van der Waals surface area contributed by atoms with Gasteiger partial charge in [0.15, 0.2) is 5.69 Å². The van der Waals surface area contributed by atoms with Gasteiger partial charge in [0, 0.05) is 25.0 Å². The molecule has 0 radical (unpaired) electrons. The van der Waals surface area contributed by atoms with Crippen LogP contribution in [0.25, 0.3) is 0 Å². The summed E-state index contributed by atoms with van der Waals surface area (Å²) in [5.74, 6) is -0.443. The van der Waals surface area contributed by atoms with Crippen LogP contribution >= 0.6 is 15.9 Å². The molecule has 100 valence electrons. The summed E-state index contributed by atoms with van der Waals surface area (Å²) in [6.07, 6.45) is 1.67. The highest BCUT2D eigenvalue weighted by atomic mass is 79.9. The molecule has 0 bridgehead atoms. The molecule has 2 rings (SSSR count). The Morgan fingerprint density at radius 2 is 2.05 bits per heavy atom. The average Bonchev–Trinajstić information content (AvgIpc) is 2.62. The highest BCUT2D eigenvalue weighted by Gasteiger charge is 2.15. The molecule has 2 aromatic heterocycles. The molecule has 6 nitrogen and oxygen atoms in total. The lowest BCUT2D eigenvalue weighted by Gasteiger charge is -2.11. The fraction of sp³-hybridized carbons (Fsp3) is 0.250. The van der Waals surface area contributed by atoms with Gasteiger partial charge in [-0.2, -0.15) is 5.10 Å². The van der Waals surface area contributed by atoms with Crippen molar-refractivity contribution in [3.63, 3.8) is 0 Å². The van der Waals surface area contributed by atoms with Crippen molar-refractivity contribution in [2.45, 2.75) is 13.8 Å². The molecule has 1 amide bonds. The molecule has 0 atom stereocenters. The number of hydrogen-bond acceptors (Lipinski definition) is 3. The van der Waals surface area contributed by atoms with Gasteiger partial charge in [0.2, 0.25) is 0 Å². The number of nitrogens with one attached hydrogen (secondary N) is 1. The smallest absolute Gasteiger partial charge is 0.274 e. The normalized spacial score (nSPS) is 10.5. The molecular weight excluding hydrogens is 312 g/mol. The summed E-state index contributed by atoms with van der Waals surface area (Å²) in [5, 5.41) is 4.03. The quantitative estimate of drug-likeness (QED) is 0.906. The third kappa shape index (κ3) is 2.76. The number of amides is 1. The van der Waals surface area contributed by atoms with Gasteiger partial charge in [-0.3, -0.25) is 19.7 Å². The van der Waals surface area contributed by atoms with Crippen molar-refractivity contribution < 1.29 is 4.79 Å². The van der Waals surface area contributed by atoms with E-state index >= 15 is 0 Å². The van der Waals surface area contributed by atoms with Crippen LogP contribution in [-0.4, -0.2) is 20.4 Å². The lowest BCUT2D eigenvalue weighted by molar-refractivity contribution is 0.100. The minimum atomic E-state index is -0.443. The van der Waals surface area contributed by atoms with Crippen LogP contribution < -0.4 is 11.0 Å². The molecular formula is C12H13BrN4O2. The Morgan fingerprint density at radius 1 is 1.37 bits per heavy atom. The summed E-state index contributed by atoms with van der Waals surface area (Å²) in [5.41, 5.74) is 4.00. The zero-order valence-corrected chi connectivity index (χ0v) is 12.4. The topological polar surface area (TPSA) is 68.9 Å². The van der Waals surface area contributed by atoms with Gasteiger partial charge in [-0.1, -0.05) is 0 Å². The Morgan fingerprint density at radius 3 is 2.58 bits per heavy atom. The average molecular weight is 325 g/mol. The van der Waals surface area contributed by atoms with Gasteiger partial charge in [-0.25, -0.2) is 4.68 Å². The second-order valence-electron chi connectivity index (χ2n) is 4.29. The van der Waals surface area contributed by atoms with Crippen LogP contribution in [0.1, 0.15) is 21.7 Å². The zero-order chi connectivity index (χ0) is 14.2. The number of rotatable bonds is 2. The lowest BCUT2D eigenvalue weighted by atomic mass is 10.2. The van der Waals surface area contributed by atoms with E-state index < -0.39 is 5.91 Å². The van der Waals surface area contributed by atoms with E-state index in [0.29, 0.717) is 10.2 Å². The summed E-state index contributed by atoms with van der Waals surface area (Å²) >= 11 is 3.25. The van der Waals surface area contributed by atoms with E-state index in [1.807, 2.05) is 13.0 Å². The monoisotopic (exact) mass is 324 g/mol. The van der Waals surface area contributed by atoms with Crippen molar-refractivity contribution in [3.8, 4) is 0 Å². The van der Waals surface area contributed by atoms with Crippen molar-refractivity contribution in [2.75, 3.05) is 5.43 Å². The standard InChI is InChI=1S/C12H13BrN4O2/c1-7-4-8(2)17(10(18)5-7)15-12(19)11-9(13)6-16(3)14-11/h4-6H,1-3H3,(H,15,19). The number of carbonyl (C=O) groups excluding carboxylic acids is 1. The molecule has 0 aliphatic rings. The molecule has 0 spiro atoms. The lowest BCUT2D eigenvalue weighted by Crippen LogP contribution is -2.34. The maximum Gasteiger partial charge on any atom is 0.291 e. The first kappa shape index (κ1) is 13.5. The Labute approximate surface area is 118 Å². The number of hydrogen-bond donors (Lipinski definition) is 1. The second-order valence-corrected chi connectivity index (χ2v) is 5.14. The molecule has 1 N–H and O–H groups in total. The molecule has 0 unspecified atom stereocenters. The van der Waals surface area contributed by atoms with Crippen LogP contribution in [-0.2, 0) is 7.05 Å². The molecule has 19 heavy (non-hydrogen) atoms. The third-order valence-corrected chi connectivity index (χ3v) is 3.15. The predicted octanol–water partition coefficient (Wildman–Crippen LogP) is 1.35. The van der Waals surface area contributed by atoms with Crippen molar-refractivity contribution in [2.24, 2.45) is 7.05 Å². The molecule has 0 aliphatic carbocycles. The van der Waals surface area contributed by atoms with Gasteiger partial charge in [0.05, 0.1) is 4.47 Å². The molecule has 0 aliphatic heterocycles. The van der Waals surface area contributed by atoms with Gasteiger partial charge in [0.1, 0.15) is 0 Å². The number of halogens is 1. The maximum absolute atomic E-state index is 12.1. The largest absolute Gasteiger partial charge is 0.291 e. The van der Waals surface area contributed by atoms with E-state index in [4.69, 9.17) is 0 Å². The van der Waals surface area contributed by atoms with Crippen LogP contribution in [0.4, 0.5) is 0 Å². The van der Waals surface area contributed by atoms with E-state index in [-0.39, 0.29) is 11.3 Å². The van der Waals surface area contributed by atoms with Crippen LogP contribution in [0.5, 0.6) is 0 Å². The first-order valence-corrected chi connectivity index (χ1v) is 6.38. The zero-order valence-electron chi connectivity index (χ0n) is 10.8. The summed E-state index contributed by atoms with van der Waals surface area (Å²) in [7, 11) is 1.71. The van der Waals surface area contributed by atoms with Crippen LogP contribution in [0, 0.1) is 13.8 Å². The van der Waals surface area contributed by atoms with Gasteiger partial charge in [0.25, 0.3) is 11.5 Å². The number of aromatic nitrogens is 3. The van der Waals surface area contributed by atoms with Gasteiger partial charge >= 0.3 is 0 Å². The number of nitrogens with zero attached hydrogens (tertiary/aromatic N) is 3. The molecule has 2 aromatic rings. The first-order chi connectivity index (χ1) is 8.88. The minimum absolute atomic E-state index is 0.231. The Balaban J connectivity index is 2.35. The van der Waals surface area contributed by atoms with Crippen LogP contribution in [0.15, 0.2) is 27.6 Å². The molecule has 0 aromatic carbocycles. The van der Waals surface area contributed by atoms with Gasteiger partial charge in [-0.05, 0) is 41.4 Å². The fourth-order valence-electron chi connectivity index (χ4n) is 1.78. The molecule has 7 heteroatoms. The maximum atomic E-state index is 12.1. The number of pyridine rings is 1. The Bertz CT molecular complexity index is 702. The summed E-state index contributed by atoms with van der Waals surface area (Å²) < 4.78 is 3.30. The molecule has 0 fully saturated rings. The van der Waals surface area contributed by atoms with Gasteiger partial charge < -0.3 is 0 Å².